The van der Waals surface area contributed by atoms with E-state index in [1.807, 2.05) is 0 Å². The molecule has 2 nitrogen and oxygen atoms in total. The molecule has 0 spiro atoms. The number of nitrogens with one attached hydrogen (secondary N) is 2. The molecule has 0 radical (unpaired) electrons. The lowest BCUT2D eigenvalue weighted by atomic mass is 10.1. The van der Waals surface area contributed by atoms with Crippen molar-refractivity contribution in [3.05, 3.63) is 0 Å². The predicted octanol–water partition coefficient (Wildman–Crippen LogP) is 2.89. The second-order valence-corrected chi connectivity index (χ2v) is 5.04. The Bertz CT molecular complexity index is 127. The van der Waals surface area contributed by atoms with Crippen molar-refractivity contribution in [1.82, 2.24) is 10.6 Å². The SMILES string of the molecule is CCCCNC(CCC)NC(C)(C)C. The van der Waals surface area contributed by atoms with Crippen LogP contribution < -0.4 is 10.6 Å². The van der Waals surface area contributed by atoms with Crippen LogP contribution in [0.4, 0.5) is 0 Å². The van der Waals surface area contributed by atoms with Crippen LogP contribution in [0.3, 0.4) is 0 Å². The van der Waals surface area contributed by atoms with Gasteiger partial charge in [-0.25, -0.2) is 0 Å². The van der Waals surface area contributed by atoms with Crippen LogP contribution in [0.15, 0.2) is 0 Å². The lowest BCUT2D eigenvalue weighted by Crippen LogP contribution is -2.51. The minimum absolute atomic E-state index is 0.207. The molecule has 2 heteroatoms. The molecule has 0 aromatic heterocycles. The van der Waals surface area contributed by atoms with Gasteiger partial charge in [0, 0.05) is 5.54 Å². The second-order valence-electron chi connectivity index (χ2n) is 5.04. The molecule has 0 saturated carbocycles. The molecule has 0 rings (SSSR count). The third-order valence-corrected chi connectivity index (χ3v) is 2.11. The fourth-order valence-electron chi connectivity index (χ4n) is 1.49. The lowest BCUT2D eigenvalue weighted by molar-refractivity contribution is 0.301. The van der Waals surface area contributed by atoms with Crippen molar-refractivity contribution in [3.63, 3.8) is 0 Å². The molecule has 0 saturated heterocycles. The highest BCUT2D eigenvalue weighted by Gasteiger charge is 2.15. The van der Waals surface area contributed by atoms with Crippen LogP contribution in [0.5, 0.6) is 0 Å². The molecule has 0 bridgehead atoms. The van der Waals surface area contributed by atoms with E-state index in [-0.39, 0.29) is 5.54 Å². The highest BCUT2D eigenvalue weighted by Crippen LogP contribution is 2.03. The van der Waals surface area contributed by atoms with Crippen LogP contribution in [0.1, 0.15) is 60.3 Å². The Morgan fingerprint density at radius 2 is 1.71 bits per heavy atom. The average Bonchev–Trinajstić information content (AvgIpc) is 2.02. The monoisotopic (exact) mass is 200 g/mol. The number of hydrogen-bond donors (Lipinski definition) is 2. The summed E-state index contributed by atoms with van der Waals surface area (Å²) in [4.78, 5) is 0. The molecule has 0 aliphatic carbocycles. The zero-order chi connectivity index (χ0) is 11.0. The van der Waals surface area contributed by atoms with Crippen molar-refractivity contribution in [2.24, 2.45) is 0 Å². The minimum atomic E-state index is 0.207. The summed E-state index contributed by atoms with van der Waals surface area (Å²) in [6.45, 7) is 12.3. The van der Waals surface area contributed by atoms with E-state index in [1.54, 1.807) is 0 Å². The Morgan fingerprint density at radius 3 is 2.14 bits per heavy atom. The van der Waals surface area contributed by atoms with Crippen molar-refractivity contribution in [2.45, 2.75) is 72.0 Å². The molecule has 0 amide bonds. The molecule has 1 unspecified atom stereocenters. The van der Waals surface area contributed by atoms with Crippen LogP contribution in [-0.4, -0.2) is 18.2 Å². The highest BCUT2D eigenvalue weighted by molar-refractivity contribution is 4.76. The number of unbranched alkanes of at least 4 members (excludes halogenated alkanes) is 1. The Morgan fingerprint density at radius 1 is 1.07 bits per heavy atom. The highest BCUT2D eigenvalue weighted by atomic mass is 15.1. The fraction of sp³-hybridized carbons (Fsp3) is 1.00. The molecule has 1 atom stereocenters. The largest absolute Gasteiger partial charge is 0.302 e. The second kappa shape index (κ2) is 7.24. The van der Waals surface area contributed by atoms with Crippen LogP contribution in [0.2, 0.25) is 0 Å². The van der Waals surface area contributed by atoms with Gasteiger partial charge in [0.2, 0.25) is 0 Å². The van der Waals surface area contributed by atoms with Gasteiger partial charge in [-0.15, -0.1) is 0 Å². The molecular weight excluding hydrogens is 172 g/mol. The Hall–Kier alpha value is -0.0800. The first-order valence-electron chi connectivity index (χ1n) is 6.00. The first-order valence-corrected chi connectivity index (χ1v) is 6.00. The summed E-state index contributed by atoms with van der Waals surface area (Å²) in [7, 11) is 0. The maximum absolute atomic E-state index is 3.60. The first kappa shape index (κ1) is 13.9. The van der Waals surface area contributed by atoms with Gasteiger partial charge in [0.25, 0.3) is 0 Å². The summed E-state index contributed by atoms with van der Waals surface area (Å²) in [5.74, 6) is 0. The summed E-state index contributed by atoms with van der Waals surface area (Å²) in [5, 5.41) is 7.17. The molecule has 0 fully saturated rings. The smallest absolute Gasteiger partial charge is 0.0575 e. The van der Waals surface area contributed by atoms with E-state index < -0.39 is 0 Å². The fourth-order valence-corrected chi connectivity index (χ4v) is 1.49. The van der Waals surface area contributed by atoms with Crippen LogP contribution in [0.25, 0.3) is 0 Å². The maximum Gasteiger partial charge on any atom is 0.0575 e. The summed E-state index contributed by atoms with van der Waals surface area (Å²) < 4.78 is 0. The van der Waals surface area contributed by atoms with Gasteiger partial charge in [0.1, 0.15) is 0 Å². The normalized spacial score (nSPS) is 14.4. The quantitative estimate of drug-likeness (QED) is 0.488. The molecule has 86 valence electrons. The first-order chi connectivity index (χ1) is 6.49. The standard InChI is InChI=1S/C12H28N2/c1-6-8-10-13-11(9-7-2)14-12(3,4)5/h11,13-14H,6-10H2,1-5H3. The zero-order valence-electron chi connectivity index (χ0n) is 10.6. The molecule has 0 aliphatic rings. The molecule has 14 heavy (non-hydrogen) atoms. The van der Waals surface area contributed by atoms with E-state index in [2.05, 4.69) is 45.3 Å². The molecule has 0 aromatic rings. The van der Waals surface area contributed by atoms with Gasteiger partial charge < -0.3 is 5.32 Å². The topological polar surface area (TPSA) is 24.1 Å². The zero-order valence-corrected chi connectivity index (χ0v) is 10.6. The van der Waals surface area contributed by atoms with Crippen molar-refractivity contribution in [1.29, 1.82) is 0 Å². The Labute approximate surface area is 89.9 Å². The van der Waals surface area contributed by atoms with Gasteiger partial charge in [0.05, 0.1) is 6.17 Å². The van der Waals surface area contributed by atoms with E-state index in [1.165, 1.54) is 25.7 Å². The van der Waals surface area contributed by atoms with Crippen molar-refractivity contribution in [2.75, 3.05) is 6.54 Å². The maximum atomic E-state index is 3.60. The molecule has 0 heterocycles. The molecular formula is C12H28N2. The molecule has 0 aliphatic heterocycles. The van der Waals surface area contributed by atoms with Crippen LogP contribution in [-0.2, 0) is 0 Å². The minimum Gasteiger partial charge on any atom is -0.302 e. The summed E-state index contributed by atoms with van der Waals surface area (Å²) in [6, 6.07) is 0. The van der Waals surface area contributed by atoms with Crippen molar-refractivity contribution >= 4 is 0 Å². The third-order valence-electron chi connectivity index (χ3n) is 2.11. The average molecular weight is 200 g/mol. The summed E-state index contributed by atoms with van der Waals surface area (Å²) >= 11 is 0. The van der Waals surface area contributed by atoms with E-state index in [4.69, 9.17) is 0 Å². The van der Waals surface area contributed by atoms with Gasteiger partial charge in [0.15, 0.2) is 0 Å². The molecule has 2 N–H and O–H groups in total. The van der Waals surface area contributed by atoms with E-state index in [0.29, 0.717) is 6.17 Å². The van der Waals surface area contributed by atoms with Gasteiger partial charge in [-0.1, -0.05) is 26.7 Å². The van der Waals surface area contributed by atoms with Gasteiger partial charge in [-0.05, 0) is 40.2 Å². The van der Waals surface area contributed by atoms with Gasteiger partial charge in [-0.3, -0.25) is 5.32 Å². The predicted molar refractivity (Wildman–Crippen MR) is 64.5 cm³/mol. The van der Waals surface area contributed by atoms with Gasteiger partial charge >= 0.3 is 0 Å². The number of rotatable bonds is 7. The Kier molecular flexibility index (Phi) is 7.20. The lowest BCUT2D eigenvalue weighted by Gasteiger charge is -2.29. The van der Waals surface area contributed by atoms with Crippen molar-refractivity contribution in [3.8, 4) is 0 Å². The van der Waals surface area contributed by atoms with Crippen molar-refractivity contribution < 1.29 is 0 Å². The summed E-state index contributed by atoms with van der Waals surface area (Å²) in [6.07, 6.45) is 5.45. The number of hydrogen-bond acceptors (Lipinski definition) is 2. The van der Waals surface area contributed by atoms with E-state index in [9.17, 15) is 0 Å². The van der Waals surface area contributed by atoms with E-state index in [0.717, 1.165) is 6.54 Å². The van der Waals surface area contributed by atoms with E-state index >= 15 is 0 Å². The van der Waals surface area contributed by atoms with Gasteiger partial charge in [-0.2, -0.15) is 0 Å². The van der Waals surface area contributed by atoms with Crippen LogP contribution in [0, 0.1) is 0 Å². The summed E-state index contributed by atoms with van der Waals surface area (Å²) in [5.41, 5.74) is 0.207. The van der Waals surface area contributed by atoms with Crippen LogP contribution >= 0.6 is 0 Å². The molecule has 0 aromatic carbocycles. The Balaban J connectivity index is 3.77. The third kappa shape index (κ3) is 8.52.